The number of carbonyl (C=O) groups excluding carboxylic acids is 1. The van der Waals surface area contributed by atoms with Crippen molar-refractivity contribution < 1.29 is 9.90 Å². The number of aliphatic hydroxyl groups is 1. The molecule has 1 aliphatic heterocycles. The monoisotopic (exact) mass is 276 g/mol. The molecule has 1 aliphatic rings. The van der Waals surface area contributed by atoms with Gasteiger partial charge in [-0.1, -0.05) is 30.3 Å². The van der Waals surface area contributed by atoms with E-state index in [1.54, 1.807) is 0 Å². The van der Waals surface area contributed by atoms with Crippen LogP contribution in [0.15, 0.2) is 30.3 Å². The minimum absolute atomic E-state index is 0.0905. The van der Waals surface area contributed by atoms with Gasteiger partial charge in [-0.25, -0.2) is 0 Å². The molecule has 1 N–H and O–H groups in total. The normalized spacial score (nSPS) is 16.6. The number of hydrogen-bond donors (Lipinski definition) is 1. The van der Waals surface area contributed by atoms with Crippen molar-refractivity contribution >= 4 is 5.91 Å². The van der Waals surface area contributed by atoms with Crippen molar-refractivity contribution in [3.63, 3.8) is 0 Å². The maximum Gasteiger partial charge on any atom is 0.236 e. The number of carbonyl (C=O) groups is 1. The predicted molar refractivity (Wildman–Crippen MR) is 79.3 cm³/mol. The fourth-order valence-corrected chi connectivity index (χ4v) is 2.83. The lowest BCUT2D eigenvalue weighted by atomic mass is 10.0. The molecule has 1 fully saturated rings. The Kier molecular flexibility index (Phi) is 5.56. The summed E-state index contributed by atoms with van der Waals surface area (Å²) in [6.45, 7) is 2.33. The van der Waals surface area contributed by atoms with Crippen LogP contribution >= 0.6 is 0 Å². The van der Waals surface area contributed by atoms with E-state index >= 15 is 0 Å². The summed E-state index contributed by atoms with van der Waals surface area (Å²) in [6, 6.07) is 10.2. The molecule has 1 atom stereocenters. The summed E-state index contributed by atoms with van der Waals surface area (Å²) in [7, 11) is 1.96. The van der Waals surface area contributed by atoms with Gasteiger partial charge in [-0.3, -0.25) is 9.69 Å². The fraction of sp³-hybridized carbons (Fsp3) is 0.562. The third kappa shape index (κ3) is 3.81. The Labute approximate surface area is 121 Å². The van der Waals surface area contributed by atoms with Gasteiger partial charge in [-0.15, -0.1) is 0 Å². The number of hydrogen-bond acceptors (Lipinski definition) is 3. The highest BCUT2D eigenvalue weighted by molar-refractivity contribution is 5.78. The van der Waals surface area contributed by atoms with Gasteiger partial charge in [0.2, 0.25) is 5.91 Å². The molecule has 1 aromatic rings. The molecule has 4 nitrogen and oxygen atoms in total. The highest BCUT2D eigenvalue weighted by atomic mass is 16.3. The third-order valence-electron chi connectivity index (χ3n) is 3.96. The molecule has 0 spiro atoms. The highest BCUT2D eigenvalue weighted by Gasteiger charge is 2.23. The first-order chi connectivity index (χ1) is 9.72. The van der Waals surface area contributed by atoms with E-state index in [9.17, 15) is 9.90 Å². The summed E-state index contributed by atoms with van der Waals surface area (Å²) >= 11 is 0. The summed E-state index contributed by atoms with van der Waals surface area (Å²) in [5, 5.41) is 9.27. The molecule has 0 radical (unpaired) electrons. The fourth-order valence-electron chi connectivity index (χ4n) is 2.83. The first-order valence-corrected chi connectivity index (χ1v) is 7.36. The van der Waals surface area contributed by atoms with Crippen molar-refractivity contribution in [3.8, 4) is 0 Å². The smallest absolute Gasteiger partial charge is 0.236 e. The second kappa shape index (κ2) is 7.41. The predicted octanol–water partition coefficient (Wildman–Crippen LogP) is 1.66. The van der Waals surface area contributed by atoms with Crippen LogP contribution in [0, 0.1) is 0 Å². The third-order valence-corrected chi connectivity index (χ3v) is 3.96. The van der Waals surface area contributed by atoms with Crippen LogP contribution in [0.5, 0.6) is 0 Å². The number of likely N-dealkylation sites (N-methyl/N-ethyl adjacent to an activating group) is 1. The van der Waals surface area contributed by atoms with Gasteiger partial charge in [-0.05, 0) is 31.9 Å². The van der Waals surface area contributed by atoms with Crippen molar-refractivity contribution in [3.05, 3.63) is 35.9 Å². The molecule has 1 aromatic carbocycles. The number of nitrogens with zero attached hydrogens (tertiary/aromatic N) is 2. The summed E-state index contributed by atoms with van der Waals surface area (Å²) in [5.74, 6) is 0.198. The van der Waals surface area contributed by atoms with E-state index in [0.717, 1.165) is 31.5 Å². The van der Waals surface area contributed by atoms with Crippen molar-refractivity contribution in [1.82, 2.24) is 9.80 Å². The van der Waals surface area contributed by atoms with Crippen LogP contribution in [-0.2, 0) is 4.79 Å². The Morgan fingerprint density at radius 2 is 1.95 bits per heavy atom. The summed E-state index contributed by atoms with van der Waals surface area (Å²) in [4.78, 5) is 16.2. The van der Waals surface area contributed by atoms with Gasteiger partial charge in [-0.2, -0.15) is 0 Å². The van der Waals surface area contributed by atoms with E-state index in [1.165, 1.54) is 0 Å². The van der Waals surface area contributed by atoms with Gasteiger partial charge in [0.25, 0.3) is 0 Å². The minimum Gasteiger partial charge on any atom is -0.396 e. The van der Waals surface area contributed by atoms with Gasteiger partial charge < -0.3 is 10.0 Å². The van der Waals surface area contributed by atoms with Crippen molar-refractivity contribution in [2.75, 3.05) is 33.3 Å². The van der Waals surface area contributed by atoms with Crippen LogP contribution in [0.1, 0.15) is 30.9 Å². The molecule has 1 amide bonds. The molecule has 0 aliphatic carbocycles. The van der Waals surface area contributed by atoms with E-state index in [1.807, 2.05) is 35.0 Å². The highest BCUT2D eigenvalue weighted by Crippen LogP contribution is 2.22. The lowest BCUT2D eigenvalue weighted by molar-refractivity contribution is -0.131. The van der Waals surface area contributed by atoms with Gasteiger partial charge in [0, 0.05) is 25.7 Å². The van der Waals surface area contributed by atoms with Gasteiger partial charge in [0.05, 0.1) is 6.54 Å². The second-order valence-corrected chi connectivity index (χ2v) is 5.44. The molecule has 1 saturated heterocycles. The van der Waals surface area contributed by atoms with Crippen LogP contribution in [-0.4, -0.2) is 54.1 Å². The standard InChI is InChI=1S/C16H24N2O2/c1-17(13-16(20)18-10-5-6-11-18)15(9-12-19)14-7-3-2-4-8-14/h2-4,7-8,15,19H,5-6,9-13H2,1H3/t15-/m0/s1. The maximum atomic E-state index is 12.2. The topological polar surface area (TPSA) is 43.8 Å². The van der Waals surface area contributed by atoms with E-state index in [-0.39, 0.29) is 18.6 Å². The van der Waals surface area contributed by atoms with Crippen LogP contribution in [0.4, 0.5) is 0 Å². The number of aliphatic hydroxyl groups excluding tert-OH is 1. The number of amides is 1. The Bertz CT molecular complexity index is 416. The first kappa shape index (κ1) is 15.0. The molecule has 0 aromatic heterocycles. The van der Waals surface area contributed by atoms with Crippen molar-refractivity contribution in [1.29, 1.82) is 0 Å². The summed E-state index contributed by atoms with van der Waals surface area (Å²) < 4.78 is 0. The van der Waals surface area contributed by atoms with Crippen molar-refractivity contribution in [2.24, 2.45) is 0 Å². The Morgan fingerprint density at radius 3 is 2.55 bits per heavy atom. The Morgan fingerprint density at radius 1 is 1.30 bits per heavy atom. The molecule has 0 saturated carbocycles. The minimum atomic E-state index is 0.0905. The average Bonchev–Trinajstić information content (AvgIpc) is 2.99. The number of benzene rings is 1. The molecular weight excluding hydrogens is 252 g/mol. The largest absolute Gasteiger partial charge is 0.396 e. The van der Waals surface area contributed by atoms with Crippen LogP contribution in [0.3, 0.4) is 0 Å². The lowest BCUT2D eigenvalue weighted by Crippen LogP contribution is -2.39. The maximum absolute atomic E-state index is 12.2. The number of rotatable bonds is 6. The van der Waals surface area contributed by atoms with E-state index < -0.39 is 0 Å². The van der Waals surface area contributed by atoms with Crippen LogP contribution < -0.4 is 0 Å². The van der Waals surface area contributed by atoms with Gasteiger partial charge in [0.15, 0.2) is 0 Å². The molecule has 20 heavy (non-hydrogen) atoms. The zero-order valence-electron chi connectivity index (χ0n) is 12.2. The average molecular weight is 276 g/mol. The number of likely N-dealkylation sites (tertiary alicyclic amines) is 1. The van der Waals surface area contributed by atoms with Gasteiger partial charge >= 0.3 is 0 Å². The molecule has 2 rings (SSSR count). The first-order valence-electron chi connectivity index (χ1n) is 7.36. The van der Waals surface area contributed by atoms with Crippen LogP contribution in [0.2, 0.25) is 0 Å². The van der Waals surface area contributed by atoms with Crippen LogP contribution in [0.25, 0.3) is 0 Å². The molecule has 0 bridgehead atoms. The molecule has 1 heterocycles. The molecule has 0 unspecified atom stereocenters. The van der Waals surface area contributed by atoms with Crippen molar-refractivity contribution in [2.45, 2.75) is 25.3 Å². The molecular formula is C16H24N2O2. The van der Waals surface area contributed by atoms with Gasteiger partial charge in [0.1, 0.15) is 0 Å². The van der Waals surface area contributed by atoms with E-state index in [4.69, 9.17) is 0 Å². The molecule has 4 heteroatoms. The molecule has 110 valence electrons. The SMILES string of the molecule is CN(CC(=O)N1CCCC1)[C@@H](CCO)c1ccccc1. The second-order valence-electron chi connectivity index (χ2n) is 5.44. The zero-order valence-corrected chi connectivity index (χ0v) is 12.2. The lowest BCUT2D eigenvalue weighted by Gasteiger charge is -2.29. The van der Waals surface area contributed by atoms with E-state index in [2.05, 4.69) is 12.1 Å². The van der Waals surface area contributed by atoms with E-state index in [0.29, 0.717) is 13.0 Å². The summed E-state index contributed by atoms with van der Waals surface area (Å²) in [5.41, 5.74) is 1.15. The summed E-state index contributed by atoms with van der Waals surface area (Å²) in [6.07, 6.45) is 2.89. The zero-order chi connectivity index (χ0) is 14.4. The quantitative estimate of drug-likeness (QED) is 0.859. The Balaban J connectivity index is 1.99. The Hall–Kier alpha value is -1.39.